The van der Waals surface area contributed by atoms with Gasteiger partial charge in [0.15, 0.2) is 5.69 Å². The van der Waals surface area contributed by atoms with Crippen LogP contribution in [0.1, 0.15) is 21.7 Å². The Hall–Kier alpha value is -2.47. The van der Waals surface area contributed by atoms with E-state index in [0.717, 1.165) is 22.2 Å². The zero-order chi connectivity index (χ0) is 20.5. The van der Waals surface area contributed by atoms with Crippen molar-refractivity contribution in [2.45, 2.75) is 13.3 Å². The first-order valence-electron chi connectivity index (χ1n) is 8.98. The molecule has 5 nitrogen and oxygen atoms in total. The van der Waals surface area contributed by atoms with Crippen molar-refractivity contribution in [1.82, 2.24) is 20.1 Å². The monoisotopic (exact) mass is 446 g/mol. The van der Waals surface area contributed by atoms with Crippen LogP contribution in [0, 0.1) is 6.92 Å². The van der Waals surface area contributed by atoms with Crippen LogP contribution in [0.3, 0.4) is 0 Å². The van der Waals surface area contributed by atoms with Gasteiger partial charge in [0, 0.05) is 39.4 Å². The van der Waals surface area contributed by atoms with E-state index in [9.17, 15) is 4.79 Å². The predicted molar refractivity (Wildman–Crippen MR) is 118 cm³/mol. The van der Waals surface area contributed by atoms with Gasteiger partial charge in [-0.25, -0.2) is 4.68 Å². The lowest BCUT2D eigenvalue weighted by molar-refractivity contribution is 0.0948. The molecular formula is C21H17Cl3N4O. The molecule has 8 heteroatoms. The minimum absolute atomic E-state index is 0.241. The first-order chi connectivity index (χ1) is 13.9. The second-order valence-electron chi connectivity index (χ2n) is 6.69. The second-order valence-corrected chi connectivity index (χ2v) is 7.97. The topological polar surface area (TPSA) is 62.7 Å². The molecule has 29 heavy (non-hydrogen) atoms. The van der Waals surface area contributed by atoms with Crippen molar-refractivity contribution in [1.29, 1.82) is 0 Å². The molecule has 0 saturated heterocycles. The summed E-state index contributed by atoms with van der Waals surface area (Å²) in [6, 6.07) is 12.6. The summed E-state index contributed by atoms with van der Waals surface area (Å²) in [6.45, 7) is 2.34. The molecule has 2 aromatic carbocycles. The molecule has 1 amide bonds. The summed E-state index contributed by atoms with van der Waals surface area (Å²) in [5.41, 5.74) is 3.91. The van der Waals surface area contributed by atoms with Crippen molar-refractivity contribution in [3.05, 3.63) is 80.7 Å². The van der Waals surface area contributed by atoms with Crippen LogP contribution in [-0.2, 0) is 6.42 Å². The molecule has 0 unspecified atom stereocenters. The highest BCUT2D eigenvalue weighted by Gasteiger charge is 2.15. The van der Waals surface area contributed by atoms with Gasteiger partial charge in [-0.3, -0.25) is 4.79 Å². The van der Waals surface area contributed by atoms with Gasteiger partial charge in [-0.15, -0.1) is 0 Å². The first kappa shape index (κ1) is 19.8. The number of nitrogens with one attached hydrogen (secondary N) is 2. The summed E-state index contributed by atoms with van der Waals surface area (Å²) < 4.78 is 1.63. The molecule has 2 N–H and O–H groups in total. The van der Waals surface area contributed by atoms with Gasteiger partial charge in [0.1, 0.15) is 0 Å². The zero-order valence-electron chi connectivity index (χ0n) is 15.5. The number of carbonyl (C=O) groups excluding carboxylic acids is 1. The number of carbonyl (C=O) groups is 1. The van der Waals surface area contributed by atoms with E-state index in [1.807, 2.05) is 31.3 Å². The van der Waals surface area contributed by atoms with Crippen LogP contribution < -0.4 is 5.32 Å². The molecule has 0 fully saturated rings. The van der Waals surface area contributed by atoms with Gasteiger partial charge in [-0.1, -0.05) is 34.8 Å². The minimum atomic E-state index is -0.241. The Morgan fingerprint density at radius 3 is 2.66 bits per heavy atom. The average Bonchev–Trinajstić information content (AvgIpc) is 3.25. The maximum absolute atomic E-state index is 12.6. The fourth-order valence-electron chi connectivity index (χ4n) is 3.24. The van der Waals surface area contributed by atoms with E-state index in [-0.39, 0.29) is 5.91 Å². The van der Waals surface area contributed by atoms with Crippen molar-refractivity contribution in [2.75, 3.05) is 6.54 Å². The number of aryl methyl sites for hydroxylation is 1. The number of hydrogen-bond donors (Lipinski definition) is 2. The standard InChI is InChI=1S/C21H17Cl3N4O/c1-12-8-19(27-28(12)20-5-3-15(23)10-17(20)24)21(29)25-7-6-13-11-26-18-4-2-14(22)9-16(13)18/h2-5,8-11,26H,6-7H2,1H3,(H,25,29). The third kappa shape index (κ3) is 4.13. The maximum Gasteiger partial charge on any atom is 0.271 e. The number of nitrogens with zero attached hydrogens (tertiary/aromatic N) is 2. The lowest BCUT2D eigenvalue weighted by Crippen LogP contribution is -2.26. The van der Waals surface area contributed by atoms with Crippen molar-refractivity contribution < 1.29 is 4.79 Å². The summed E-state index contributed by atoms with van der Waals surface area (Å²) in [5.74, 6) is -0.241. The molecule has 0 bridgehead atoms. The van der Waals surface area contributed by atoms with Crippen molar-refractivity contribution in [2.24, 2.45) is 0 Å². The van der Waals surface area contributed by atoms with Gasteiger partial charge in [0.05, 0.1) is 10.7 Å². The van der Waals surface area contributed by atoms with Crippen molar-refractivity contribution >= 4 is 51.6 Å². The number of benzene rings is 2. The Morgan fingerprint density at radius 2 is 1.86 bits per heavy atom. The quantitative estimate of drug-likeness (QED) is 0.418. The van der Waals surface area contributed by atoms with Crippen LogP contribution >= 0.6 is 34.8 Å². The van der Waals surface area contributed by atoms with Gasteiger partial charge in [0.2, 0.25) is 0 Å². The summed E-state index contributed by atoms with van der Waals surface area (Å²) in [5, 5.41) is 10.1. The molecule has 4 aromatic rings. The summed E-state index contributed by atoms with van der Waals surface area (Å²) in [7, 11) is 0. The smallest absolute Gasteiger partial charge is 0.271 e. The van der Waals surface area contributed by atoms with E-state index in [4.69, 9.17) is 34.8 Å². The molecule has 148 valence electrons. The number of aromatic nitrogens is 3. The molecule has 2 aromatic heterocycles. The zero-order valence-corrected chi connectivity index (χ0v) is 17.7. The fourth-order valence-corrected chi connectivity index (χ4v) is 3.90. The van der Waals surface area contributed by atoms with Gasteiger partial charge in [-0.2, -0.15) is 5.10 Å². The van der Waals surface area contributed by atoms with Crippen LogP contribution in [-0.4, -0.2) is 27.2 Å². The average molecular weight is 448 g/mol. The molecule has 0 saturated carbocycles. The number of amides is 1. The SMILES string of the molecule is Cc1cc(C(=O)NCCc2c[nH]c3ccc(Cl)cc23)nn1-c1ccc(Cl)cc1Cl. The molecule has 0 atom stereocenters. The molecule has 0 aliphatic heterocycles. The van der Waals surface area contributed by atoms with Crippen LogP contribution in [0.4, 0.5) is 0 Å². The van der Waals surface area contributed by atoms with Crippen molar-refractivity contribution in [3.8, 4) is 5.69 Å². The van der Waals surface area contributed by atoms with E-state index in [2.05, 4.69) is 15.4 Å². The third-order valence-corrected chi connectivity index (χ3v) is 5.44. The van der Waals surface area contributed by atoms with Crippen LogP contribution in [0.5, 0.6) is 0 Å². The summed E-state index contributed by atoms with van der Waals surface area (Å²) in [6.07, 6.45) is 2.61. The number of halogens is 3. The van der Waals surface area contributed by atoms with Crippen LogP contribution in [0.25, 0.3) is 16.6 Å². The molecule has 0 spiro atoms. The molecular weight excluding hydrogens is 431 g/mol. The highest BCUT2D eigenvalue weighted by Crippen LogP contribution is 2.25. The third-order valence-electron chi connectivity index (χ3n) is 4.67. The second kappa shape index (κ2) is 8.11. The van der Waals surface area contributed by atoms with Gasteiger partial charge < -0.3 is 10.3 Å². The number of hydrogen-bond acceptors (Lipinski definition) is 2. The van der Waals surface area contributed by atoms with Gasteiger partial charge >= 0.3 is 0 Å². The maximum atomic E-state index is 12.6. The lowest BCUT2D eigenvalue weighted by Gasteiger charge is -2.07. The van der Waals surface area contributed by atoms with E-state index in [0.29, 0.717) is 39.4 Å². The fraction of sp³-hybridized carbons (Fsp3) is 0.143. The Bertz CT molecular complexity index is 1210. The number of H-pyrrole nitrogens is 1. The van der Waals surface area contributed by atoms with Crippen LogP contribution in [0.15, 0.2) is 48.7 Å². The number of rotatable bonds is 5. The van der Waals surface area contributed by atoms with E-state index >= 15 is 0 Å². The minimum Gasteiger partial charge on any atom is -0.361 e. The van der Waals surface area contributed by atoms with E-state index < -0.39 is 0 Å². The van der Waals surface area contributed by atoms with Crippen LogP contribution in [0.2, 0.25) is 15.1 Å². The van der Waals surface area contributed by atoms with Crippen molar-refractivity contribution in [3.63, 3.8) is 0 Å². The normalized spacial score (nSPS) is 11.2. The molecule has 0 aliphatic rings. The first-order valence-corrected chi connectivity index (χ1v) is 10.1. The molecule has 0 radical (unpaired) electrons. The highest BCUT2D eigenvalue weighted by atomic mass is 35.5. The summed E-state index contributed by atoms with van der Waals surface area (Å²) >= 11 is 18.3. The lowest BCUT2D eigenvalue weighted by atomic mass is 10.1. The predicted octanol–water partition coefficient (Wildman–Crippen LogP) is 5.59. The Labute approximate surface area is 182 Å². The Morgan fingerprint density at radius 1 is 1.10 bits per heavy atom. The number of fused-ring (bicyclic) bond motifs is 1. The largest absolute Gasteiger partial charge is 0.361 e. The number of aromatic amines is 1. The molecule has 4 rings (SSSR count). The van der Waals surface area contributed by atoms with Gasteiger partial charge in [0.25, 0.3) is 5.91 Å². The van der Waals surface area contributed by atoms with E-state index in [1.165, 1.54) is 0 Å². The Balaban J connectivity index is 1.45. The molecule has 0 aliphatic carbocycles. The van der Waals surface area contributed by atoms with E-state index in [1.54, 1.807) is 28.9 Å². The molecule has 2 heterocycles. The Kier molecular flexibility index (Phi) is 5.54. The van der Waals surface area contributed by atoms with Gasteiger partial charge in [-0.05, 0) is 61.4 Å². The summed E-state index contributed by atoms with van der Waals surface area (Å²) in [4.78, 5) is 15.8. The highest BCUT2D eigenvalue weighted by molar-refractivity contribution is 6.35.